The molecule has 0 heterocycles. The molecule has 2 rings (SSSR count). The first-order valence-corrected chi connectivity index (χ1v) is 7.49. The second-order valence-electron chi connectivity index (χ2n) is 5.31. The van der Waals surface area contributed by atoms with Crippen LogP contribution in [0.15, 0.2) is 48.7 Å². The molecular formula is C19H22N2O. The largest absolute Gasteiger partial charge is 0.323 e. The van der Waals surface area contributed by atoms with Crippen molar-refractivity contribution in [3.8, 4) is 0 Å². The van der Waals surface area contributed by atoms with Crippen LogP contribution >= 0.6 is 0 Å². The number of hydrogen-bond donors (Lipinski definition) is 2. The van der Waals surface area contributed by atoms with Crippen LogP contribution in [-0.2, 0) is 6.42 Å². The smallest absolute Gasteiger partial charge is 0.314 e. The summed E-state index contributed by atoms with van der Waals surface area (Å²) >= 11 is 0. The third-order valence-corrected chi connectivity index (χ3v) is 3.51. The topological polar surface area (TPSA) is 41.1 Å². The van der Waals surface area contributed by atoms with E-state index in [1.54, 1.807) is 6.20 Å². The summed E-state index contributed by atoms with van der Waals surface area (Å²) in [6.07, 6.45) is 4.43. The standard InChI is InChI=1S/C19H22N2O/c1-4-17-10-6-8-15(3)18(17)21-19(22)20-12-11-16-9-5-7-14(2)13-16/h5-13H,4H2,1-3H3,(H2,20,21,22)/b12-11+. The maximum Gasteiger partial charge on any atom is 0.323 e. The van der Waals surface area contributed by atoms with E-state index in [0.717, 1.165) is 28.8 Å². The van der Waals surface area contributed by atoms with Gasteiger partial charge in [-0.2, -0.15) is 0 Å². The molecule has 22 heavy (non-hydrogen) atoms. The molecule has 2 N–H and O–H groups in total. The lowest BCUT2D eigenvalue weighted by Crippen LogP contribution is -2.24. The van der Waals surface area contributed by atoms with Crippen molar-refractivity contribution in [2.45, 2.75) is 27.2 Å². The van der Waals surface area contributed by atoms with Crippen LogP contribution in [0.4, 0.5) is 10.5 Å². The maximum atomic E-state index is 12.0. The van der Waals surface area contributed by atoms with Crippen molar-refractivity contribution in [1.29, 1.82) is 0 Å². The molecule has 2 aromatic rings. The Balaban J connectivity index is 1.99. The Hall–Kier alpha value is -2.55. The van der Waals surface area contributed by atoms with E-state index in [0.29, 0.717) is 0 Å². The van der Waals surface area contributed by atoms with Gasteiger partial charge in [0.2, 0.25) is 0 Å². The molecule has 0 bridgehead atoms. The molecule has 0 saturated carbocycles. The number of benzene rings is 2. The molecule has 3 heteroatoms. The minimum Gasteiger partial charge on any atom is -0.314 e. The Morgan fingerprint density at radius 3 is 2.64 bits per heavy atom. The van der Waals surface area contributed by atoms with Gasteiger partial charge in [0.15, 0.2) is 0 Å². The van der Waals surface area contributed by atoms with E-state index < -0.39 is 0 Å². The zero-order valence-corrected chi connectivity index (χ0v) is 13.3. The lowest BCUT2D eigenvalue weighted by Gasteiger charge is -2.12. The van der Waals surface area contributed by atoms with Crippen LogP contribution in [0.25, 0.3) is 6.08 Å². The molecular weight excluding hydrogens is 272 g/mol. The van der Waals surface area contributed by atoms with Crippen LogP contribution < -0.4 is 10.6 Å². The summed E-state index contributed by atoms with van der Waals surface area (Å²) in [5, 5.41) is 5.67. The van der Waals surface area contributed by atoms with E-state index in [9.17, 15) is 4.79 Å². The number of nitrogens with one attached hydrogen (secondary N) is 2. The number of hydrogen-bond acceptors (Lipinski definition) is 1. The normalized spacial score (nSPS) is 10.7. The van der Waals surface area contributed by atoms with Gasteiger partial charge in [0.05, 0.1) is 0 Å². The summed E-state index contributed by atoms with van der Waals surface area (Å²) in [6, 6.07) is 13.9. The predicted molar refractivity (Wildman–Crippen MR) is 92.9 cm³/mol. The summed E-state index contributed by atoms with van der Waals surface area (Å²) in [7, 11) is 0. The van der Waals surface area contributed by atoms with Crippen LogP contribution in [0.5, 0.6) is 0 Å². The predicted octanol–water partition coefficient (Wildman–Crippen LogP) is 4.66. The van der Waals surface area contributed by atoms with Crippen LogP contribution in [0.2, 0.25) is 0 Å². The highest BCUT2D eigenvalue weighted by Gasteiger charge is 2.06. The van der Waals surface area contributed by atoms with Gasteiger partial charge in [-0.1, -0.05) is 55.0 Å². The third-order valence-electron chi connectivity index (χ3n) is 3.51. The molecule has 0 aromatic heterocycles. The first-order chi connectivity index (χ1) is 10.6. The number of para-hydroxylation sites is 1. The minimum atomic E-state index is -0.229. The van der Waals surface area contributed by atoms with E-state index in [-0.39, 0.29) is 6.03 Å². The van der Waals surface area contributed by atoms with E-state index in [2.05, 4.69) is 23.6 Å². The van der Waals surface area contributed by atoms with Crippen LogP contribution in [0.3, 0.4) is 0 Å². The number of urea groups is 1. The number of aryl methyl sites for hydroxylation is 3. The lowest BCUT2D eigenvalue weighted by molar-refractivity contribution is 0.255. The summed E-state index contributed by atoms with van der Waals surface area (Å²) in [5.74, 6) is 0. The highest BCUT2D eigenvalue weighted by molar-refractivity contribution is 5.92. The molecule has 114 valence electrons. The average Bonchev–Trinajstić information content (AvgIpc) is 2.49. The van der Waals surface area contributed by atoms with Gasteiger partial charge >= 0.3 is 6.03 Å². The Labute approximate surface area is 132 Å². The average molecular weight is 294 g/mol. The summed E-state index contributed by atoms with van der Waals surface area (Å²) in [6.45, 7) is 6.12. The van der Waals surface area contributed by atoms with Gasteiger partial charge in [-0.25, -0.2) is 4.79 Å². The van der Waals surface area contributed by atoms with E-state index in [1.165, 1.54) is 5.56 Å². The zero-order chi connectivity index (χ0) is 15.9. The molecule has 0 aliphatic carbocycles. The van der Waals surface area contributed by atoms with Crippen molar-refractivity contribution < 1.29 is 4.79 Å². The Morgan fingerprint density at radius 2 is 1.91 bits per heavy atom. The summed E-state index contributed by atoms with van der Waals surface area (Å²) in [4.78, 5) is 12.0. The molecule has 0 spiro atoms. The van der Waals surface area contributed by atoms with Gasteiger partial charge in [0.1, 0.15) is 0 Å². The molecule has 0 unspecified atom stereocenters. The fourth-order valence-corrected chi connectivity index (χ4v) is 2.34. The number of rotatable bonds is 4. The van der Waals surface area contributed by atoms with Crippen molar-refractivity contribution >= 4 is 17.8 Å². The van der Waals surface area contributed by atoms with E-state index in [1.807, 2.05) is 56.3 Å². The van der Waals surface area contributed by atoms with Gasteiger partial charge in [-0.3, -0.25) is 0 Å². The zero-order valence-electron chi connectivity index (χ0n) is 13.3. The minimum absolute atomic E-state index is 0.229. The molecule has 2 aromatic carbocycles. The second kappa shape index (κ2) is 7.46. The second-order valence-corrected chi connectivity index (χ2v) is 5.31. The third kappa shape index (κ3) is 4.22. The molecule has 3 nitrogen and oxygen atoms in total. The number of anilines is 1. The Bertz CT molecular complexity index is 690. The van der Waals surface area contributed by atoms with Crippen molar-refractivity contribution in [1.82, 2.24) is 5.32 Å². The molecule has 2 amide bonds. The number of amides is 2. The molecule has 0 radical (unpaired) electrons. The van der Waals surface area contributed by atoms with Crippen molar-refractivity contribution in [2.75, 3.05) is 5.32 Å². The molecule has 0 saturated heterocycles. The van der Waals surface area contributed by atoms with Crippen LogP contribution in [-0.4, -0.2) is 6.03 Å². The quantitative estimate of drug-likeness (QED) is 0.846. The number of carbonyl (C=O) groups excluding carboxylic acids is 1. The highest BCUT2D eigenvalue weighted by atomic mass is 16.2. The lowest BCUT2D eigenvalue weighted by atomic mass is 10.1. The summed E-state index contributed by atoms with van der Waals surface area (Å²) in [5.41, 5.74) is 5.35. The van der Waals surface area contributed by atoms with Crippen molar-refractivity contribution in [2.24, 2.45) is 0 Å². The molecule has 0 aliphatic heterocycles. The monoisotopic (exact) mass is 294 g/mol. The van der Waals surface area contributed by atoms with Gasteiger partial charge in [-0.15, -0.1) is 0 Å². The fourth-order valence-electron chi connectivity index (χ4n) is 2.34. The summed E-state index contributed by atoms with van der Waals surface area (Å²) < 4.78 is 0. The Kier molecular flexibility index (Phi) is 5.37. The number of carbonyl (C=O) groups is 1. The van der Waals surface area contributed by atoms with Crippen LogP contribution in [0, 0.1) is 13.8 Å². The van der Waals surface area contributed by atoms with Gasteiger partial charge < -0.3 is 10.6 Å². The van der Waals surface area contributed by atoms with E-state index >= 15 is 0 Å². The first kappa shape index (κ1) is 15.8. The van der Waals surface area contributed by atoms with E-state index in [4.69, 9.17) is 0 Å². The molecule has 0 atom stereocenters. The maximum absolute atomic E-state index is 12.0. The van der Waals surface area contributed by atoms with Gasteiger partial charge in [-0.05, 0) is 43.0 Å². The molecule has 0 fully saturated rings. The van der Waals surface area contributed by atoms with Crippen molar-refractivity contribution in [3.63, 3.8) is 0 Å². The van der Waals surface area contributed by atoms with Gasteiger partial charge in [0, 0.05) is 11.9 Å². The van der Waals surface area contributed by atoms with Crippen molar-refractivity contribution in [3.05, 3.63) is 70.9 Å². The van der Waals surface area contributed by atoms with Crippen LogP contribution in [0.1, 0.15) is 29.2 Å². The van der Waals surface area contributed by atoms with Gasteiger partial charge in [0.25, 0.3) is 0 Å². The fraction of sp³-hybridized carbons (Fsp3) is 0.211. The SMILES string of the molecule is CCc1cccc(C)c1NC(=O)N/C=C/c1cccc(C)c1. The Morgan fingerprint density at radius 1 is 1.14 bits per heavy atom. The molecule has 0 aliphatic rings. The first-order valence-electron chi connectivity index (χ1n) is 7.49. The highest BCUT2D eigenvalue weighted by Crippen LogP contribution is 2.20.